The third-order valence-corrected chi connectivity index (χ3v) is 4.25. The number of benzene rings is 1. The van der Waals surface area contributed by atoms with Gasteiger partial charge in [0.15, 0.2) is 5.78 Å². The minimum atomic E-state index is 0.0379. The van der Waals surface area contributed by atoms with E-state index in [4.69, 9.17) is 15.2 Å². The van der Waals surface area contributed by atoms with E-state index in [-0.39, 0.29) is 11.7 Å². The van der Waals surface area contributed by atoms with Gasteiger partial charge in [0.25, 0.3) is 0 Å². The SMILES string of the molecule is COCCOc1ccccc1C(=O)C1CCCCC1CN. The summed E-state index contributed by atoms with van der Waals surface area (Å²) >= 11 is 0. The monoisotopic (exact) mass is 291 g/mol. The van der Waals surface area contributed by atoms with Gasteiger partial charge in [0, 0.05) is 13.0 Å². The van der Waals surface area contributed by atoms with Gasteiger partial charge in [-0.3, -0.25) is 4.79 Å². The Hall–Kier alpha value is -1.39. The highest BCUT2D eigenvalue weighted by Crippen LogP contribution is 2.34. The van der Waals surface area contributed by atoms with Crippen molar-refractivity contribution in [3.05, 3.63) is 29.8 Å². The molecule has 116 valence electrons. The zero-order valence-corrected chi connectivity index (χ0v) is 12.7. The van der Waals surface area contributed by atoms with Crippen LogP contribution in [0.1, 0.15) is 36.0 Å². The maximum absolute atomic E-state index is 12.9. The molecule has 1 aliphatic carbocycles. The van der Waals surface area contributed by atoms with Gasteiger partial charge in [-0.05, 0) is 37.4 Å². The van der Waals surface area contributed by atoms with Gasteiger partial charge in [-0.1, -0.05) is 25.0 Å². The molecule has 4 nitrogen and oxygen atoms in total. The van der Waals surface area contributed by atoms with Crippen molar-refractivity contribution in [1.82, 2.24) is 0 Å². The molecule has 0 bridgehead atoms. The van der Waals surface area contributed by atoms with Crippen molar-refractivity contribution in [3.8, 4) is 5.75 Å². The van der Waals surface area contributed by atoms with E-state index in [0.29, 0.717) is 37.0 Å². The Morgan fingerprint density at radius 3 is 2.76 bits per heavy atom. The first-order chi connectivity index (χ1) is 10.3. The molecule has 2 unspecified atom stereocenters. The van der Waals surface area contributed by atoms with E-state index in [2.05, 4.69) is 0 Å². The molecule has 0 aromatic heterocycles. The molecule has 2 N–H and O–H groups in total. The van der Waals surface area contributed by atoms with E-state index < -0.39 is 0 Å². The lowest BCUT2D eigenvalue weighted by Gasteiger charge is -2.29. The number of methoxy groups -OCH3 is 1. The molecule has 4 heteroatoms. The third-order valence-electron chi connectivity index (χ3n) is 4.25. The van der Waals surface area contributed by atoms with Crippen LogP contribution >= 0.6 is 0 Å². The van der Waals surface area contributed by atoms with E-state index in [1.807, 2.05) is 24.3 Å². The fourth-order valence-corrected chi connectivity index (χ4v) is 3.07. The first-order valence-electron chi connectivity index (χ1n) is 7.73. The molecular formula is C17H25NO3. The van der Waals surface area contributed by atoms with E-state index in [9.17, 15) is 4.79 Å². The Morgan fingerprint density at radius 2 is 2.00 bits per heavy atom. The maximum atomic E-state index is 12.9. The number of rotatable bonds is 7. The summed E-state index contributed by atoms with van der Waals surface area (Å²) < 4.78 is 10.7. The molecule has 0 heterocycles. The highest BCUT2D eigenvalue weighted by molar-refractivity contribution is 6.00. The highest BCUT2D eigenvalue weighted by Gasteiger charge is 2.31. The predicted molar refractivity (Wildman–Crippen MR) is 82.6 cm³/mol. The quantitative estimate of drug-likeness (QED) is 0.620. The second kappa shape index (κ2) is 8.15. The minimum Gasteiger partial charge on any atom is -0.490 e. The van der Waals surface area contributed by atoms with Crippen molar-refractivity contribution in [1.29, 1.82) is 0 Å². The van der Waals surface area contributed by atoms with Gasteiger partial charge in [0.2, 0.25) is 0 Å². The molecule has 2 rings (SSSR count). The first-order valence-corrected chi connectivity index (χ1v) is 7.73. The second-order valence-corrected chi connectivity index (χ2v) is 5.59. The van der Waals surface area contributed by atoms with Gasteiger partial charge in [-0.2, -0.15) is 0 Å². The largest absolute Gasteiger partial charge is 0.490 e. The summed E-state index contributed by atoms with van der Waals surface area (Å²) in [7, 11) is 1.63. The number of hydrogen-bond donors (Lipinski definition) is 1. The van der Waals surface area contributed by atoms with Crippen molar-refractivity contribution in [2.45, 2.75) is 25.7 Å². The lowest BCUT2D eigenvalue weighted by atomic mass is 9.75. The van der Waals surface area contributed by atoms with Crippen LogP contribution in [0.2, 0.25) is 0 Å². The molecule has 0 amide bonds. The van der Waals surface area contributed by atoms with Crippen molar-refractivity contribution in [3.63, 3.8) is 0 Å². The summed E-state index contributed by atoms with van der Waals surface area (Å²) in [5, 5.41) is 0. The Bertz CT molecular complexity index is 461. The van der Waals surface area contributed by atoms with E-state index in [1.165, 1.54) is 6.42 Å². The first kappa shape index (κ1) is 16.0. The van der Waals surface area contributed by atoms with Gasteiger partial charge in [-0.25, -0.2) is 0 Å². The van der Waals surface area contributed by atoms with Crippen LogP contribution < -0.4 is 10.5 Å². The van der Waals surface area contributed by atoms with E-state index >= 15 is 0 Å². The highest BCUT2D eigenvalue weighted by atomic mass is 16.5. The molecule has 1 saturated carbocycles. The van der Waals surface area contributed by atoms with E-state index in [0.717, 1.165) is 19.3 Å². The third kappa shape index (κ3) is 4.05. The van der Waals surface area contributed by atoms with Crippen LogP contribution in [0.25, 0.3) is 0 Å². The Morgan fingerprint density at radius 1 is 1.24 bits per heavy atom. The average Bonchev–Trinajstić information content (AvgIpc) is 2.55. The Labute approximate surface area is 126 Å². The number of nitrogens with two attached hydrogens (primary N) is 1. The summed E-state index contributed by atoms with van der Waals surface area (Å²) in [6, 6.07) is 7.48. The number of carbonyl (C=O) groups excluding carboxylic acids is 1. The van der Waals surface area contributed by atoms with Crippen LogP contribution in [0.5, 0.6) is 5.75 Å². The number of carbonyl (C=O) groups is 1. The molecule has 0 aliphatic heterocycles. The summed E-state index contributed by atoms with van der Waals surface area (Å²) in [4.78, 5) is 12.9. The standard InChI is InChI=1S/C17H25NO3/c1-20-10-11-21-16-9-5-4-8-15(16)17(19)14-7-3-2-6-13(14)12-18/h4-5,8-9,13-14H,2-3,6-7,10-12,18H2,1H3. The van der Waals surface area contributed by atoms with Crippen LogP contribution in [0.15, 0.2) is 24.3 Å². The molecule has 1 aromatic rings. The fraction of sp³-hybridized carbons (Fsp3) is 0.588. The van der Waals surface area contributed by atoms with Crippen LogP contribution in [-0.4, -0.2) is 32.7 Å². The topological polar surface area (TPSA) is 61.5 Å². The summed E-state index contributed by atoms with van der Waals surface area (Å²) in [6.07, 6.45) is 4.28. The number of para-hydroxylation sites is 1. The zero-order chi connectivity index (χ0) is 15.1. The number of ketones is 1. The molecule has 1 aliphatic rings. The van der Waals surface area contributed by atoms with Crippen molar-refractivity contribution in [2.75, 3.05) is 26.9 Å². The zero-order valence-electron chi connectivity index (χ0n) is 12.7. The normalized spacial score (nSPS) is 22.0. The van der Waals surface area contributed by atoms with Crippen LogP contribution in [-0.2, 0) is 4.74 Å². The van der Waals surface area contributed by atoms with Gasteiger partial charge in [0.1, 0.15) is 12.4 Å². The molecule has 1 aromatic carbocycles. The minimum absolute atomic E-state index is 0.0379. The maximum Gasteiger partial charge on any atom is 0.169 e. The smallest absolute Gasteiger partial charge is 0.169 e. The molecule has 2 atom stereocenters. The lowest BCUT2D eigenvalue weighted by Crippen LogP contribution is -2.32. The van der Waals surface area contributed by atoms with E-state index in [1.54, 1.807) is 7.11 Å². The fourth-order valence-electron chi connectivity index (χ4n) is 3.07. The number of hydrogen-bond acceptors (Lipinski definition) is 4. The molecule has 0 spiro atoms. The van der Waals surface area contributed by atoms with Crippen LogP contribution in [0.4, 0.5) is 0 Å². The summed E-state index contributed by atoms with van der Waals surface area (Å²) in [5.74, 6) is 1.17. The molecule has 0 saturated heterocycles. The molecular weight excluding hydrogens is 266 g/mol. The van der Waals surface area contributed by atoms with Gasteiger partial charge >= 0.3 is 0 Å². The van der Waals surface area contributed by atoms with Crippen molar-refractivity contribution in [2.24, 2.45) is 17.6 Å². The Kier molecular flexibility index (Phi) is 6.21. The predicted octanol–water partition coefficient (Wildman–Crippen LogP) is 2.66. The Balaban J connectivity index is 2.14. The molecule has 1 fully saturated rings. The van der Waals surface area contributed by atoms with Gasteiger partial charge in [0.05, 0.1) is 12.2 Å². The molecule has 0 radical (unpaired) electrons. The summed E-state index contributed by atoms with van der Waals surface area (Å²) in [6.45, 7) is 1.55. The van der Waals surface area contributed by atoms with Crippen molar-refractivity contribution < 1.29 is 14.3 Å². The number of Topliss-reactive ketones (excluding diaryl/α,β-unsaturated/α-hetero) is 1. The van der Waals surface area contributed by atoms with Gasteiger partial charge in [-0.15, -0.1) is 0 Å². The van der Waals surface area contributed by atoms with Crippen LogP contribution in [0.3, 0.4) is 0 Å². The second-order valence-electron chi connectivity index (χ2n) is 5.59. The summed E-state index contributed by atoms with van der Waals surface area (Å²) in [5.41, 5.74) is 6.53. The molecule has 21 heavy (non-hydrogen) atoms. The van der Waals surface area contributed by atoms with Crippen LogP contribution in [0, 0.1) is 11.8 Å². The average molecular weight is 291 g/mol. The van der Waals surface area contributed by atoms with Gasteiger partial charge < -0.3 is 15.2 Å². The van der Waals surface area contributed by atoms with Crippen molar-refractivity contribution >= 4 is 5.78 Å². The number of ether oxygens (including phenoxy) is 2. The lowest BCUT2D eigenvalue weighted by molar-refractivity contribution is 0.0822.